The van der Waals surface area contributed by atoms with Gasteiger partial charge in [0, 0.05) is 0 Å². The summed E-state index contributed by atoms with van der Waals surface area (Å²) < 4.78 is 11.3. The van der Waals surface area contributed by atoms with E-state index in [0.717, 1.165) is 33.4 Å². The van der Waals surface area contributed by atoms with Gasteiger partial charge in [-0.3, -0.25) is 4.79 Å². The number of carbonyl (C=O) groups is 1. The van der Waals surface area contributed by atoms with Gasteiger partial charge in [0.15, 0.2) is 11.5 Å². The van der Waals surface area contributed by atoms with Crippen molar-refractivity contribution in [2.75, 3.05) is 13.2 Å². The standard InChI is InChI=1S/C24H25NO3/c1-16(2)24(19-10-11-21-22(14-19)28-13-12-27-21)25-23(26)15-18-8-5-7-17-6-3-4-9-20(17)18/h3-11,14,16,24H,12-13,15H2,1-2H3,(H,25,26)/t24-/m0/s1. The Morgan fingerprint density at radius 3 is 2.54 bits per heavy atom. The number of nitrogens with one attached hydrogen (secondary N) is 1. The van der Waals surface area contributed by atoms with Crippen molar-refractivity contribution < 1.29 is 14.3 Å². The van der Waals surface area contributed by atoms with Gasteiger partial charge in [0.2, 0.25) is 5.91 Å². The molecule has 3 aromatic rings. The fourth-order valence-electron chi connectivity index (χ4n) is 3.73. The third-order valence-corrected chi connectivity index (χ3v) is 5.14. The monoisotopic (exact) mass is 375 g/mol. The van der Waals surface area contributed by atoms with E-state index >= 15 is 0 Å². The molecule has 1 atom stereocenters. The third kappa shape index (κ3) is 3.81. The molecule has 0 bridgehead atoms. The minimum absolute atomic E-state index is 0.0185. The molecule has 1 N–H and O–H groups in total. The van der Waals surface area contributed by atoms with E-state index < -0.39 is 0 Å². The highest BCUT2D eigenvalue weighted by Crippen LogP contribution is 2.34. The lowest BCUT2D eigenvalue weighted by molar-refractivity contribution is -0.121. The average molecular weight is 375 g/mol. The van der Waals surface area contributed by atoms with Crippen molar-refractivity contribution in [1.29, 1.82) is 0 Å². The van der Waals surface area contributed by atoms with Gasteiger partial charge in [0.25, 0.3) is 0 Å². The smallest absolute Gasteiger partial charge is 0.224 e. The predicted molar refractivity (Wildman–Crippen MR) is 111 cm³/mol. The Hall–Kier alpha value is -3.01. The molecule has 1 aliphatic rings. The maximum atomic E-state index is 12.9. The Morgan fingerprint density at radius 1 is 0.964 bits per heavy atom. The lowest BCUT2D eigenvalue weighted by atomic mass is 9.95. The number of rotatable bonds is 5. The van der Waals surface area contributed by atoms with Crippen LogP contribution >= 0.6 is 0 Å². The normalized spacial score (nSPS) is 14.1. The molecule has 4 rings (SSSR count). The molecule has 1 amide bonds. The molecule has 0 saturated carbocycles. The minimum Gasteiger partial charge on any atom is -0.486 e. The number of ether oxygens (including phenoxy) is 2. The third-order valence-electron chi connectivity index (χ3n) is 5.14. The van der Waals surface area contributed by atoms with E-state index in [2.05, 4.69) is 37.4 Å². The number of fused-ring (bicyclic) bond motifs is 2. The van der Waals surface area contributed by atoms with Gasteiger partial charge in [-0.2, -0.15) is 0 Å². The van der Waals surface area contributed by atoms with Gasteiger partial charge in [-0.1, -0.05) is 62.4 Å². The first-order valence-electron chi connectivity index (χ1n) is 9.77. The molecule has 1 heterocycles. The summed E-state index contributed by atoms with van der Waals surface area (Å²) in [5.41, 5.74) is 2.07. The van der Waals surface area contributed by atoms with Gasteiger partial charge >= 0.3 is 0 Å². The maximum Gasteiger partial charge on any atom is 0.224 e. The molecule has 4 nitrogen and oxygen atoms in total. The van der Waals surface area contributed by atoms with E-state index in [4.69, 9.17) is 9.47 Å². The summed E-state index contributed by atoms with van der Waals surface area (Å²) in [5.74, 6) is 1.78. The molecule has 3 aromatic carbocycles. The van der Waals surface area contributed by atoms with Crippen LogP contribution in [0.1, 0.15) is 31.0 Å². The van der Waals surface area contributed by atoms with Crippen LogP contribution in [0.3, 0.4) is 0 Å². The van der Waals surface area contributed by atoms with Crippen LogP contribution in [0.25, 0.3) is 10.8 Å². The van der Waals surface area contributed by atoms with Gasteiger partial charge < -0.3 is 14.8 Å². The number of amides is 1. The van der Waals surface area contributed by atoms with E-state index in [-0.39, 0.29) is 17.9 Å². The second kappa shape index (κ2) is 7.93. The van der Waals surface area contributed by atoms with E-state index in [1.807, 2.05) is 42.5 Å². The summed E-state index contributed by atoms with van der Waals surface area (Å²) in [6.07, 6.45) is 0.356. The Labute approximate surface area is 165 Å². The van der Waals surface area contributed by atoms with Crippen LogP contribution in [-0.4, -0.2) is 19.1 Å². The largest absolute Gasteiger partial charge is 0.486 e. The summed E-state index contributed by atoms with van der Waals surface area (Å²) in [5, 5.41) is 5.50. The zero-order valence-electron chi connectivity index (χ0n) is 16.3. The topological polar surface area (TPSA) is 47.6 Å². The molecule has 0 aliphatic carbocycles. The lowest BCUT2D eigenvalue weighted by Gasteiger charge is -2.25. The highest BCUT2D eigenvalue weighted by molar-refractivity contribution is 5.90. The van der Waals surface area contributed by atoms with E-state index in [1.54, 1.807) is 0 Å². The Kier molecular flexibility index (Phi) is 5.20. The van der Waals surface area contributed by atoms with Gasteiger partial charge in [-0.05, 0) is 39.9 Å². The van der Waals surface area contributed by atoms with Gasteiger partial charge in [0.1, 0.15) is 13.2 Å². The van der Waals surface area contributed by atoms with Crippen molar-refractivity contribution in [3.63, 3.8) is 0 Å². The molecule has 0 spiro atoms. The number of hydrogen-bond donors (Lipinski definition) is 1. The summed E-state index contributed by atoms with van der Waals surface area (Å²) in [6.45, 7) is 5.34. The number of carbonyl (C=O) groups excluding carboxylic acids is 1. The molecule has 144 valence electrons. The van der Waals surface area contributed by atoms with Gasteiger partial charge in [-0.25, -0.2) is 0 Å². The molecule has 28 heavy (non-hydrogen) atoms. The van der Waals surface area contributed by atoms with Crippen LogP contribution in [0.5, 0.6) is 11.5 Å². The number of benzene rings is 3. The maximum absolute atomic E-state index is 12.9. The Balaban J connectivity index is 1.54. The molecule has 0 unspecified atom stereocenters. The molecular formula is C24H25NO3. The molecule has 0 aromatic heterocycles. The first-order chi connectivity index (χ1) is 13.6. The summed E-state index contributed by atoms with van der Waals surface area (Å²) >= 11 is 0. The Bertz CT molecular complexity index is 991. The molecule has 0 fully saturated rings. The van der Waals surface area contributed by atoms with Crippen LogP contribution in [-0.2, 0) is 11.2 Å². The quantitative estimate of drug-likeness (QED) is 0.705. The molecular weight excluding hydrogens is 350 g/mol. The molecule has 1 aliphatic heterocycles. The highest BCUT2D eigenvalue weighted by Gasteiger charge is 2.21. The van der Waals surface area contributed by atoms with Crippen LogP contribution < -0.4 is 14.8 Å². The second-order valence-corrected chi connectivity index (χ2v) is 7.51. The summed E-state index contributed by atoms with van der Waals surface area (Å²) in [6, 6.07) is 20.1. The zero-order chi connectivity index (χ0) is 19.5. The first-order valence-corrected chi connectivity index (χ1v) is 9.77. The first kappa shape index (κ1) is 18.4. The van der Waals surface area contributed by atoms with Crippen LogP contribution in [0.15, 0.2) is 60.7 Å². The highest BCUT2D eigenvalue weighted by atomic mass is 16.6. The fourth-order valence-corrected chi connectivity index (χ4v) is 3.73. The van der Waals surface area contributed by atoms with Crippen molar-refractivity contribution in [1.82, 2.24) is 5.32 Å². The van der Waals surface area contributed by atoms with Crippen LogP contribution in [0, 0.1) is 5.92 Å². The average Bonchev–Trinajstić information content (AvgIpc) is 2.72. The van der Waals surface area contributed by atoms with Crippen molar-refractivity contribution in [3.8, 4) is 11.5 Å². The van der Waals surface area contributed by atoms with Crippen molar-refractivity contribution in [2.45, 2.75) is 26.3 Å². The summed E-state index contributed by atoms with van der Waals surface area (Å²) in [7, 11) is 0. The SMILES string of the molecule is CC(C)[C@H](NC(=O)Cc1cccc2ccccc12)c1ccc2c(c1)OCCO2. The zero-order valence-corrected chi connectivity index (χ0v) is 16.3. The molecule has 0 radical (unpaired) electrons. The van der Waals surface area contributed by atoms with Crippen LogP contribution in [0.2, 0.25) is 0 Å². The second-order valence-electron chi connectivity index (χ2n) is 7.51. The van der Waals surface area contributed by atoms with Crippen molar-refractivity contribution >= 4 is 16.7 Å². The lowest BCUT2D eigenvalue weighted by Crippen LogP contribution is -2.33. The van der Waals surface area contributed by atoms with Gasteiger partial charge in [-0.15, -0.1) is 0 Å². The molecule has 0 saturated heterocycles. The van der Waals surface area contributed by atoms with Crippen molar-refractivity contribution in [3.05, 3.63) is 71.8 Å². The minimum atomic E-state index is -0.0849. The Morgan fingerprint density at radius 2 is 1.71 bits per heavy atom. The van der Waals surface area contributed by atoms with Gasteiger partial charge in [0.05, 0.1) is 12.5 Å². The van der Waals surface area contributed by atoms with E-state index in [0.29, 0.717) is 19.6 Å². The summed E-state index contributed by atoms with van der Waals surface area (Å²) in [4.78, 5) is 12.9. The fraction of sp³-hybridized carbons (Fsp3) is 0.292. The predicted octanol–water partition coefficient (Wildman–Crippen LogP) is 4.67. The number of hydrogen-bond acceptors (Lipinski definition) is 3. The van der Waals surface area contributed by atoms with E-state index in [1.165, 1.54) is 0 Å². The van der Waals surface area contributed by atoms with Crippen molar-refractivity contribution in [2.24, 2.45) is 5.92 Å². The van der Waals surface area contributed by atoms with E-state index in [9.17, 15) is 4.79 Å². The molecule has 4 heteroatoms. The van der Waals surface area contributed by atoms with Crippen LogP contribution in [0.4, 0.5) is 0 Å².